The molecule has 0 unspecified atom stereocenters. The van der Waals surface area contributed by atoms with Gasteiger partial charge in [-0.2, -0.15) is 0 Å². The number of likely N-dealkylation sites (N-methyl/N-ethyl adjacent to an activating group) is 1. The fourth-order valence-electron chi connectivity index (χ4n) is 3.56. The van der Waals surface area contributed by atoms with E-state index < -0.39 is 0 Å². The molecular formula is C22H24BrN5O2. The molecule has 0 atom stereocenters. The Morgan fingerprint density at radius 1 is 1.10 bits per heavy atom. The first kappa shape index (κ1) is 20.6. The van der Waals surface area contributed by atoms with Gasteiger partial charge in [-0.25, -0.2) is 4.98 Å². The lowest BCUT2D eigenvalue weighted by molar-refractivity contribution is -0.116. The molecule has 8 heteroatoms. The molecule has 1 aliphatic rings. The Balaban J connectivity index is 1.35. The second-order valence-corrected chi connectivity index (χ2v) is 8.46. The molecule has 4 rings (SSSR count). The molecule has 156 valence electrons. The normalized spacial score (nSPS) is 14.8. The average Bonchev–Trinajstić information content (AvgIpc) is 2.75. The van der Waals surface area contributed by atoms with E-state index in [9.17, 15) is 9.59 Å². The number of carbonyl (C=O) groups is 1. The summed E-state index contributed by atoms with van der Waals surface area (Å²) in [6, 6.07) is 13.3. The maximum absolute atomic E-state index is 12.6. The molecule has 1 saturated heterocycles. The monoisotopic (exact) mass is 469 g/mol. The molecule has 1 N–H and O–H groups in total. The SMILES string of the molecule is CN1CCN(c2ccc(NC(=O)CCn3cnc4ccc(Br)cc4c3=O)cc2)CC1. The van der Waals surface area contributed by atoms with Crippen LogP contribution in [0.4, 0.5) is 11.4 Å². The molecule has 0 bridgehead atoms. The van der Waals surface area contributed by atoms with Gasteiger partial charge in [0.05, 0.1) is 17.2 Å². The molecule has 1 aromatic heterocycles. The van der Waals surface area contributed by atoms with Crippen LogP contribution in [0, 0.1) is 0 Å². The Hall–Kier alpha value is -2.71. The lowest BCUT2D eigenvalue weighted by atomic mass is 10.2. The lowest BCUT2D eigenvalue weighted by Gasteiger charge is -2.34. The van der Waals surface area contributed by atoms with E-state index in [-0.39, 0.29) is 24.4 Å². The van der Waals surface area contributed by atoms with Gasteiger partial charge in [0.1, 0.15) is 0 Å². The highest BCUT2D eigenvalue weighted by molar-refractivity contribution is 9.10. The molecule has 0 aliphatic carbocycles. The highest BCUT2D eigenvalue weighted by atomic mass is 79.9. The maximum atomic E-state index is 12.6. The van der Waals surface area contributed by atoms with Crippen molar-refractivity contribution in [2.45, 2.75) is 13.0 Å². The number of fused-ring (bicyclic) bond motifs is 1. The van der Waals surface area contributed by atoms with Crippen LogP contribution in [0.2, 0.25) is 0 Å². The zero-order valence-corrected chi connectivity index (χ0v) is 18.4. The smallest absolute Gasteiger partial charge is 0.261 e. The summed E-state index contributed by atoms with van der Waals surface area (Å²) in [5, 5.41) is 3.44. The molecule has 7 nitrogen and oxygen atoms in total. The van der Waals surface area contributed by atoms with Crippen LogP contribution in [-0.4, -0.2) is 53.6 Å². The van der Waals surface area contributed by atoms with Gasteiger partial charge in [-0.1, -0.05) is 15.9 Å². The third-order valence-electron chi connectivity index (χ3n) is 5.39. The maximum Gasteiger partial charge on any atom is 0.261 e. The van der Waals surface area contributed by atoms with Gasteiger partial charge in [-0.05, 0) is 49.5 Å². The van der Waals surface area contributed by atoms with E-state index >= 15 is 0 Å². The predicted molar refractivity (Wildman–Crippen MR) is 123 cm³/mol. The quantitative estimate of drug-likeness (QED) is 0.621. The highest BCUT2D eigenvalue weighted by Gasteiger charge is 2.14. The third kappa shape index (κ3) is 4.71. The number of aromatic nitrogens is 2. The number of hydrogen-bond acceptors (Lipinski definition) is 5. The van der Waals surface area contributed by atoms with Crippen molar-refractivity contribution in [2.75, 3.05) is 43.4 Å². The number of aryl methyl sites for hydroxylation is 1. The molecule has 2 heterocycles. The number of nitrogens with one attached hydrogen (secondary N) is 1. The van der Waals surface area contributed by atoms with Crippen molar-refractivity contribution in [3.8, 4) is 0 Å². The van der Waals surface area contributed by atoms with Crippen molar-refractivity contribution in [1.29, 1.82) is 0 Å². The van der Waals surface area contributed by atoms with Crippen molar-refractivity contribution in [2.24, 2.45) is 0 Å². The first-order chi connectivity index (χ1) is 14.5. The first-order valence-electron chi connectivity index (χ1n) is 9.98. The number of nitrogens with zero attached hydrogens (tertiary/aromatic N) is 4. The Bertz CT molecular complexity index is 1100. The summed E-state index contributed by atoms with van der Waals surface area (Å²) >= 11 is 3.38. The van der Waals surface area contributed by atoms with Gasteiger partial charge in [0.2, 0.25) is 5.91 Å². The van der Waals surface area contributed by atoms with Crippen LogP contribution in [0.25, 0.3) is 10.9 Å². The van der Waals surface area contributed by atoms with Crippen LogP contribution in [-0.2, 0) is 11.3 Å². The zero-order valence-electron chi connectivity index (χ0n) is 16.8. The van der Waals surface area contributed by atoms with E-state index in [1.54, 1.807) is 12.1 Å². The minimum absolute atomic E-state index is 0.136. The third-order valence-corrected chi connectivity index (χ3v) is 5.88. The number of halogens is 1. The van der Waals surface area contributed by atoms with Crippen molar-refractivity contribution in [3.63, 3.8) is 0 Å². The molecule has 30 heavy (non-hydrogen) atoms. The van der Waals surface area contributed by atoms with Gasteiger partial charge in [0.25, 0.3) is 5.56 Å². The predicted octanol–water partition coefficient (Wildman–Crippen LogP) is 2.94. The van der Waals surface area contributed by atoms with Gasteiger partial charge < -0.3 is 15.1 Å². The topological polar surface area (TPSA) is 70.5 Å². The Morgan fingerprint density at radius 2 is 1.83 bits per heavy atom. The van der Waals surface area contributed by atoms with Gasteiger partial charge in [0.15, 0.2) is 0 Å². The Kier molecular flexibility index (Phi) is 6.15. The molecule has 0 saturated carbocycles. The van der Waals surface area contributed by atoms with E-state index in [1.165, 1.54) is 16.6 Å². The summed E-state index contributed by atoms with van der Waals surface area (Å²) in [5.74, 6) is -0.136. The zero-order chi connectivity index (χ0) is 21.1. The number of benzene rings is 2. The van der Waals surface area contributed by atoms with E-state index in [0.717, 1.165) is 36.3 Å². The highest BCUT2D eigenvalue weighted by Crippen LogP contribution is 2.19. The second-order valence-electron chi connectivity index (χ2n) is 7.54. The second kappa shape index (κ2) is 8.97. The van der Waals surface area contributed by atoms with Gasteiger partial charge in [-0.15, -0.1) is 0 Å². The summed E-state index contributed by atoms with van der Waals surface area (Å²) in [6.07, 6.45) is 1.69. The molecule has 2 aromatic carbocycles. The van der Waals surface area contributed by atoms with Crippen LogP contribution in [0.5, 0.6) is 0 Å². The van der Waals surface area contributed by atoms with E-state index in [4.69, 9.17) is 0 Å². The molecule has 1 aliphatic heterocycles. The van der Waals surface area contributed by atoms with E-state index in [2.05, 4.69) is 43.1 Å². The van der Waals surface area contributed by atoms with Gasteiger partial charge in [-0.3, -0.25) is 14.2 Å². The largest absolute Gasteiger partial charge is 0.369 e. The minimum Gasteiger partial charge on any atom is -0.369 e. The fraction of sp³-hybridized carbons (Fsp3) is 0.318. The van der Waals surface area contributed by atoms with E-state index in [0.29, 0.717) is 10.9 Å². The van der Waals surface area contributed by atoms with E-state index in [1.807, 2.05) is 30.3 Å². The summed E-state index contributed by atoms with van der Waals surface area (Å²) in [6.45, 7) is 4.40. The summed E-state index contributed by atoms with van der Waals surface area (Å²) in [5.41, 5.74) is 2.42. The van der Waals surface area contributed by atoms with Crippen molar-refractivity contribution in [3.05, 3.63) is 63.6 Å². The molecule has 1 amide bonds. The standard InChI is InChI=1S/C22H24BrN5O2/c1-26-10-12-27(13-11-26)18-5-3-17(4-6-18)25-21(29)8-9-28-15-24-20-7-2-16(23)14-19(20)22(28)30/h2-7,14-15H,8-13H2,1H3,(H,25,29). The Morgan fingerprint density at radius 3 is 2.57 bits per heavy atom. The van der Waals surface area contributed by atoms with Crippen LogP contribution in [0.3, 0.4) is 0 Å². The van der Waals surface area contributed by atoms with Crippen molar-refractivity contribution in [1.82, 2.24) is 14.5 Å². The Labute approximate surface area is 183 Å². The van der Waals surface area contributed by atoms with Crippen molar-refractivity contribution < 1.29 is 4.79 Å². The summed E-state index contributed by atoms with van der Waals surface area (Å²) in [4.78, 5) is 34.0. The number of rotatable bonds is 5. The number of amides is 1. The molecule has 1 fully saturated rings. The lowest BCUT2D eigenvalue weighted by Crippen LogP contribution is -2.44. The van der Waals surface area contributed by atoms with Gasteiger partial charge in [0, 0.05) is 55.0 Å². The summed E-state index contributed by atoms with van der Waals surface area (Å²) in [7, 11) is 2.14. The number of piperazine rings is 1. The number of hydrogen-bond donors (Lipinski definition) is 1. The number of anilines is 2. The fourth-order valence-corrected chi connectivity index (χ4v) is 3.92. The molecule has 0 spiro atoms. The summed E-state index contributed by atoms with van der Waals surface area (Å²) < 4.78 is 2.30. The average molecular weight is 470 g/mol. The van der Waals surface area contributed by atoms with Gasteiger partial charge >= 0.3 is 0 Å². The van der Waals surface area contributed by atoms with Crippen LogP contribution in [0.15, 0.2) is 58.1 Å². The van der Waals surface area contributed by atoms with Crippen LogP contribution < -0.4 is 15.8 Å². The molecule has 0 radical (unpaired) electrons. The molecule has 3 aromatic rings. The molecular weight excluding hydrogens is 446 g/mol. The number of carbonyl (C=O) groups excluding carboxylic acids is 1. The van der Waals surface area contributed by atoms with Crippen molar-refractivity contribution >= 4 is 44.1 Å². The van der Waals surface area contributed by atoms with Crippen LogP contribution >= 0.6 is 15.9 Å². The van der Waals surface area contributed by atoms with Crippen LogP contribution in [0.1, 0.15) is 6.42 Å². The minimum atomic E-state index is -0.148. The first-order valence-corrected chi connectivity index (χ1v) is 10.8.